The first-order chi connectivity index (χ1) is 17.9. The molecule has 0 heterocycles. The minimum atomic E-state index is -1.60. The topological polar surface area (TPSA) is 52.6 Å². The Morgan fingerprint density at radius 2 is 0.865 bits per heavy atom. The van der Waals surface area contributed by atoms with Crippen molar-refractivity contribution in [2.45, 2.75) is 26.1 Å². The second kappa shape index (κ2) is 12.6. The maximum atomic E-state index is 12.6. The molecular weight excluding hydrogens is 507 g/mol. The second-order valence-corrected chi connectivity index (χ2v) is 9.51. The third-order valence-corrected chi connectivity index (χ3v) is 6.83. The lowest BCUT2D eigenvalue weighted by atomic mass is 9.78. The Balaban J connectivity index is 1.43. The molecule has 4 rings (SSSR count). The highest BCUT2D eigenvalue weighted by Crippen LogP contribution is 2.34. The van der Waals surface area contributed by atoms with E-state index in [1.807, 2.05) is 84.9 Å². The van der Waals surface area contributed by atoms with Crippen molar-refractivity contribution >= 4 is 33.7 Å². The van der Waals surface area contributed by atoms with Crippen LogP contribution in [0.25, 0.3) is 0 Å². The fourth-order valence-corrected chi connectivity index (χ4v) is 4.49. The number of halogens is 2. The summed E-state index contributed by atoms with van der Waals surface area (Å²) in [5.41, 5.74) is 2.02. The Hall–Kier alpha value is -3.60. The maximum absolute atomic E-state index is 12.6. The molecule has 0 aliphatic carbocycles. The van der Waals surface area contributed by atoms with E-state index >= 15 is 0 Å². The van der Waals surface area contributed by atoms with Crippen LogP contribution in [0.3, 0.4) is 0 Å². The highest BCUT2D eigenvalue weighted by atomic mass is 35.5. The number of ether oxygens (including phenoxy) is 2. The van der Waals surface area contributed by atoms with Gasteiger partial charge in [0.25, 0.3) is 0 Å². The van der Waals surface area contributed by atoms with Crippen LogP contribution in [0.15, 0.2) is 109 Å². The van der Waals surface area contributed by atoms with Gasteiger partial charge in [-0.05, 0) is 82.6 Å². The molecule has 0 amide bonds. The van der Waals surface area contributed by atoms with Crippen LogP contribution in [0.5, 0.6) is 11.5 Å². The first-order valence-electron chi connectivity index (χ1n) is 11.9. The molecule has 188 valence electrons. The van der Waals surface area contributed by atoms with E-state index in [2.05, 4.69) is 0 Å². The normalized spacial score (nSPS) is 11.1. The smallest absolute Gasteiger partial charge is 0.237 e. The van der Waals surface area contributed by atoms with E-state index in [0.29, 0.717) is 24.7 Å². The zero-order valence-corrected chi connectivity index (χ0v) is 21.6. The van der Waals surface area contributed by atoms with E-state index in [0.717, 1.165) is 22.3 Å². The SMILES string of the molecule is O=C(Cl)C(Cc1ccc(OCc2ccccc2)cc1)(Cc1ccc(OCc2ccccc2)cc1)C(=O)Cl. The zero-order chi connectivity index (χ0) is 26.1. The Morgan fingerprint density at radius 3 is 1.19 bits per heavy atom. The monoisotopic (exact) mass is 532 g/mol. The Bertz CT molecular complexity index is 1200. The maximum Gasteiger partial charge on any atom is 0.237 e. The van der Waals surface area contributed by atoms with Gasteiger partial charge in [0, 0.05) is 0 Å². The molecule has 0 unspecified atom stereocenters. The molecule has 37 heavy (non-hydrogen) atoms. The third kappa shape index (κ3) is 7.22. The van der Waals surface area contributed by atoms with E-state index in [-0.39, 0.29) is 12.8 Å². The average molecular weight is 533 g/mol. The fourth-order valence-electron chi connectivity index (χ4n) is 4.00. The van der Waals surface area contributed by atoms with Gasteiger partial charge in [-0.2, -0.15) is 0 Å². The molecule has 0 radical (unpaired) electrons. The largest absolute Gasteiger partial charge is 0.489 e. The van der Waals surface area contributed by atoms with E-state index in [1.165, 1.54) is 0 Å². The first kappa shape index (κ1) is 26.5. The second-order valence-electron chi connectivity index (χ2n) is 8.82. The lowest BCUT2D eigenvalue weighted by Crippen LogP contribution is -2.38. The molecule has 0 bridgehead atoms. The van der Waals surface area contributed by atoms with Crippen molar-refractivity contribution in [3.05, 3.63) is 131 Å². The van der Waals surface area contributed by atoms with Crippen LogP contribution in [0.4, 0.5) is 0 Å². The van der Waals surface area contributed by atoms with Gasteiger partial charge >= 0.3 is 0 Å². The molecule has 4 aromatic carbocycles. The van der Waals surface area contributed by atoms with Crippen molar-refractivity contribution in [3.63, 3.8) is 0 Å². The van der Waals surface area contributed by atoms with E-state index in [9.17, 15) is 9.59 Å². The lowest BCUT2D eigenvalue weighted by molar-refractivity contribution is -0.131. The predicted molar refractivity (Wildman–Crippen MR) is 146 cm³/mol. The summed E-state index contributed by atoms with van der Waals surface area (Å²) in [5, 5.41) is -1.58. The van der Waals surface area contributed by atoms with E-state index < -0.39 is 15.9 Å². The molecule has 0 aliphatic rings. The summed E-state index contributed by atoms with van der Waals surface area (Å²) in [4.78, 5) is 25.2. The van der Waals surface area contributed by atoms with E-state index in [1.54, 1.807) is 24.3 Å². The molecule has 0 aliphatic heterocycles. The number of hydrogen-bond donors (Lipinski definition) is 0. The summed E-state index contributed by atoms with van der Waals surface area (Å²) in [7, 11) is 0. The Morgan fingerprint density at radius 1 is 0.514 bits per heavy atom. The van der Waals surface area contributed by atoms with Crippen LogP contribution in [0.1, 0.15) is 22.3 Å². The Kier molecular flexibility index (Phi) is 8.99. The molecule has 0 spiro atoms. The summed E-state index contributed by atoms with van der Waals surface area (Å²) < 4.78 is 11.7. The van der Waals surface area contributed by atoms with Crippen molar-refractivity contribution < 1.29 is 19.1 Å². The van der Waals surface area contributed by atoms with Gasteiger partial charge in [0.15, 0.2) is 0 Å². The van der Waals surface area contributed by atoms with Gasteiger partial charge < -0.3 is 9.47 Å². The van der Waals surface area contributed by atoms with Crippen molar-refractivity contribution in [2.75, 3.05) is 0 Å². The third-order valence-electron chi connectivity index (χ3n) is 6.11. The highest BCUT2D eigenvalue weighted by Gasteiger charge is 2.44. The molecular formula is C31H26Cl2O4. The quantitative estimate of drug-likeness (QED) is 0.143. The molecule has 4 aromatic rings. The summed E-state index contributed by atoms with van der Waals surface area (Å²) >= 11 is 12.0. The Labute approximate surface area is 226 Å². The van der Waals surface area contributed by atoms with Crippen molar-refractivity contribution in [1.82, 2.24) is 0 Å². The standard InChI is InChI=1S/C31H26Cl2O4/c32-29(34)31(30(33)35,19-23-11-15-27(16-12-23)36-21-25-7-3-1-4-8-25)20-24-13-17-28(18-14-24)37-22-26-9-5-2-6-10-26/h1-18H,19-22H2. The van der Waals surface area contributed by atoms with Gasteiger partial charge in [-0.3, -0.25) is 9.59 Å². The summed E-state index contributed by atoms with van der Waals surface area (Å²) in [6.07, 6.45) is 0.145. The molecule has 0 N–H and O–H groups in total. The summed E-state index contributed by atoms with van der Waals surface area (Å²) in [6.45, 7) is 0.880. The summed E-state index contributed by atoms with van der Waals surface area (Å²) in [5.74, 6) is 1.36. The molecule has 0 saturated heterocycles. The molecule has 0 atom stereocenters. The van der Waals surface area contributed by atoms with Crippen molar-refractivity contribution in [1.29, 1.82) is 0 Å². The number of carbonyl (C=O) groups excluding carboxylic acids is 2. The van der Waals surface area contributed by atoms with E-state index in [4.69, 9.17) is 32.7 Å². The van der Waals surface area contributed by atoms with Gasteiger partial charge in [-0.15, -0.1) is 0 Å². The fraction of sp³-hybridized carbons (Fsp3) is 0.161. The van der Waals surface area contributed by atoms with Crippen LogP contribution in [-0.4, -0.2) is 10.5 Å². The number of hydrogen-bond acceptors (Lipinski definition) is 4. The minimum absolute atomic E-state index is 0.0723. The molecule has 6 heteroatoms. The van der Waals surface area contributed by atoms with Gasteiger partial charge in [-0.25, -0.2) is 0 Å². The van der Waals surface area contributed by atoms with Gasteiger partial charge in [-0.1, -0.05) is 84.9 Å². The minimum Gasteiger partial charge on any atom is -0.489 e. The molecule has 0 aromatic heterocycles. The van der Waals surface area contributed by atoms with Crippen LogP contribution in [0.2, 0.25) is 0 Å². The number of rotatable bonds is 12. The first-order valence-corrected chi connectivity index (χ1v) is 12.6. The zero-order valence-electron chi connectivity index (χ0n) is 20.1. The van der Waals surface area contributed by atoms with Crippen LogP contribution >= 0.6 is 23.2 Å². The van der Waals surface area contributed by atoms with Crippen molar-refractivity contribution in [3.8, 4) is 11.5 Å². The highest BCUT2D eigenvalue weighted by molar-refractivity contribution is 6.74. The van der Waals surface area contributed by atoms with Gasteiger partial charge in [0.05, 0.1) is 0 Å². The van der Waals surface area contributed by atoms with Crippen LogP contribution < -0.4 is 9.47 Å². The van der Waals surface area contributed by atoms with Crippen LogP contribution in [0, 0.1) is 5.41 Å². The number of carbonyl (C=O) groups is 2. The predicted octanol–water partition coefficient (Wildman–Crippen LogP) is 7.15. The lowest BCUT2D eigenvalue weighted by Gasteiger charge is -2.26. The van der Waals surface area contributed by atoms with Crippen molar-refractivity contribution in [2.24, 2.45) is 5.41 Å². The average Bonchev–Trinajstić information content (AvgIpc) is 2.93. The molecule has 0 saturated carbocycles. The van der Waals surface area contributed by atoms with Crippen LogP contribution in [-0.2, 0) is 35.6 Å². The van der Waals surface area contributed by atoms with Gasteiger partial charge in [0.1, 0.15) is 30.1 Å². The molecule has 0 fully saturated rings. The summed E-state index contributed by atoms with van der Waals surface area (Å²) in [6, 6.07) is 34.2. The number of benzene rings is 4. The molecule has 4 nitrogen and oxygen atoms in total. The van der Waals surface area contributed by atoms with Gasteiger partial charge in [0.2, 0.25) is 10.5 Å².